The van der Waals surface area contributed by atoms with E-state index in [2.05, 4.69) is 15.3 Å². The van der Waals surface area contributed by atoms with Crippen molar-refractivity contribution in [1.82, 2.24) is 19.4 Å². The van der Waals surface area contributed by atoms with Crippen molar-refractivity contribution in [3.8, 4) is 5.82 Å². The molecule has 1 saturated heterocycles. The summed E-state index contributed by atoms with van der Waals surface area (Å²) < 4.78 is 1.84. The summed E-state index contributed by atoms with van der Waals surface area (Å²) in [6.45, 7) is 1.00. The van der Waals surface area contributed by atoms with Crippen molar-refractivity contribution in [2.75, 3.05) is 18.4 Å². The van der Waals surface area contributed by atoms with E-state index in [0.29, 0.717) is 24.5 Å². The molecular weight excluding hydrogens is 402 g/mol. The first-order valence-electron chi connectivity index (χ1n) is 10.7. The lowest BCUT2D eigenvalue weighted by molar-refractivity contribution is -0.121. The summed E-state index contributed by atoms with van der Waals surface area (Å²) in [4.78, 5) is 37.0. The molecule has 5 rings (SSSR count). The van der Waals surface area contributed by atoms with Gasteiger partial charge in [0.05, 0.1) is 22.5 Å². The number of rotatable bonds is 4. The lowest BCUT2D eigenvalue weighted by Gasteiger charge is -2.32. The van der Waals surface area contributed by atoms with E-state index >= 15 is 0 Å². The molecule has 3 heterocycles. The van der Waals surface area contributed by atoms with E-state index < -0.39 is 0 Å². The maximum Gasteiger partial charge on any atom is 0.257 e. The summed E-state index contributed by atoms with van der Waals surface area (Å²) in [5.74, 6) is 0.118. The number of carbonyl (C=O) groups excluding carboxylic acids is 2. The van der Waals surface area contributed by atoms with Crippen molar-refractivity contribution in [1.29, 1.82) is 0 Å². The predicted octanol–water partition coefficient (Wildman–Crippen LogP) is 3.91. The van der Waals surface area contributed by atoms with Gasteiger partial charge in [0.25, 0.3) is 5.91 Å². The average molecular weight is 425 g/mol. The Bertz CT molecular complexity index is 1270. The second-order valence-electron chi connectivity index (χ2n) is 7.92. The second kappa shape index (κ2) is 8.63. The number of para-hydroxylation sites is 3. The van der Waals surface area contributed by atoms with E-state index in [1.165, 1.54) is 0 Å². The van der Waals surface area contributed by atoms with Crippen LogP contribution in [0.2, 0.25) is 0 Å². The highest BCUT2D eigenvalue weighted by Crippen LogP contribution is 2.24. The van der Waals surface area contributed by atoms with Crippen LogP contribution in [0.15, 0.2) is 79.3 Å². The summed E-state index contributed by atoms with van der Waals surface area (Å²) in [5.41, 5.74) is 2.99. The van der Waals surface area contributed by atoms with Gasteiger partial charge in [0.15, 0.2) is 5.82 Å². The molecule has 1 N–H and O–H groups in total. The highest BCUT2D eigenvalue weighted by Gasteiger charge is 2.30. The number of imidazole rings is 1. The summed E-state index contributed by atoms with van der Waals surface area (Å²) in [7, 11) is 0. The molecule has 1 aliphatic rings. The number of hydrogen-bond acceptors (Lipinski definition) is 4. The monoisotopic (exact) mass is 425 g/mol. The molecule has 1 fully saturated rings. The number of anilines is 1. The van der Waals surface area contributed by atoms with Gasteiger partial charge in [-0.25, -0.2) is 9.97 Å². The van der Waals surface area contributed by atoms with Gasteiger partial charge < -0.3 is 10.2 Å². The summed E-state index contributed by atoms with van der Waals surface area (Å²) in [6.07, 6.45) is 4.90. The number of piperidine rings is 1. The minimum absolute atomic E-state index is 0.0549. The van der Waals surface area contributed by atoms with E-state index in [4.69, 9.17) is 0 Å². The Hall–Kier alpha value is -4.00. The molecule has 2 aromatic heterocycles. The maximum atomic E-state index is 13.5. The van der Waals surface area contributed by atoms with E-state index in [1.807, 2.05) is 59.2 Å². The van der Waals surface area contributed by atoms with Gasteiger partial charge in [-0.2, -0.15) is 0 Å². The van der Waals surface area contributed by atoms with Crippen LogP contribution in [0.4, 0.5) is 5.69 Å². The zero-order valence-electron chi connectivity index (χ0n) is 17.5. The van der Waals surface area contributed by atoms with Gasteiger partial charge in [-0.15, -0.1) is 0 Å². The third-order valence-corrected chi connectivity index (χ3v) is 5.82. The lowest BCUT2D eigenvalue weighted by atomic mass is 9.96. The van der Waals surface area contributed by atoms with Crippen LogP contribution < -0.4 is 5.32 Å². The number of nitrogens with zero attached hydrogens (tertiary/aromatic N) is 4. The van der Waals surface area contributed by atoms with Crippen LogP contribution in [-0.4, -0.2) is 44.3 Å². The summed E-state index contributed by atoms with van der Waals surface area (Å²) in [5, 5.41) is 2.96. The van der Waals surface area contributed by atoms with Crippen LogP contribution in [0, 0.1) is 5.92 Å². The zero-order chi connectivity index (χ0) is 21.9. The van der Waals surface area contributed by atoms with Crippen molar-refractivity contribution in [3.05, 3.63) is 84.8 Å². The minimum Gasteiger partial charge on any atom is -0.338 e. The molecule has 1 atom stereocenters. The zero-order valence-corrected chi connectivity index (χ0v) is 17.5. The standard InChI is InChI=1S/C25H23N5O2/c31-24(28-19-9-2-1-3-10-19)18-8-7-15-29(16-18)25(32)20-11-6-14-26-23(20)30-17-27-21-12-4-5-13-22(21)30/h1-6,9-14,17-18H,7-8,15-16H2,(H,28,31). The van der Waals surface area contributed by atoms with E-state index in [9.17, 15) is 9.59 Å². The third kappa shape index (κ3) is 3.85. The SMILES string of the molecule is O=C(Nc1ccccc1)C1CCCN(C(=O)c2cccnc2-n2cnc3ccccc32)C1. The molecule has 160 valence electrons. The molecule has 0 aliphatic carbocycles. The number of likely N-dealkylation sites (tertiary alicyclic amines) is 1. The molecule has 4 aromatic rings. The number of aromatic nitrogens is 3. The van der Waals surface area contributed by atoms with Gasteiger partial charge in [-0.05, 0) is 49.2 Å². The van der Waals surface area contributed by atoms with Crippen molar-refractivity contribution in [2.45, 2.75) is 12.8 Å². The van der Waals surface area contributed by atoms with Crippen LogP contribution in [0.1, 0.15) is 23.2 Å². The molecule has 1 unspecified atom stereocenters. The largest absolute Gasteiger partial charge is 0.338 e. The second-order valence-corrected chi connectivity index (χ2v) is 7.92. The minimum atomic E-state index is -0.248. The highest BCUT2D eigenvalue weighted by molar-refractivity contribution is 5.99. The Morgan fingerprint density at radius 1 is 0.938 bits per heavy atom. The van der Waals surface area contributed by atoms with Gasteiger partial charge in [0.2, 0.25) is 5.91 Å². The van der Waals surface area contributed by atoms with E-state index in [0.717, 1.165) is 29.6 Å². The molecule has 7 nitrogen and oxygen atoms in total. The fourth-order valence-corrected chi connectivity index (χ4v) is 4.20. The highest BCUT2D eigenvalue weighted by atomic mass is 16.2. The fraction of sp³-hybridized carbons (Fsp3) is 0.200. The first-order chi connectivity index (χ1) is 15.7. The Morgan fingerprint density at radius 2 is 1.75 bits per heavy atom. The molecule has 1 aliphatic heterocycles. The lowest BCUT2D eigenvalue weighted by Crippen LogP contribution is -2.44. The number of amides is 2. The van der Waals surface area contributed by atoms with Gasteiger partial charge in [0.1, 0.15) is 6.33 Å². The molecule has 2 amide bonds. The van der Waals surface area contributed by atoms with Gasteiger partial charge in [-0.1, -0.05) is 30.3 Å². The van der Waals surface area contributed by atoms with Crippen molar-refractivity contribution >= 4 is 28.5 Å². The fourth-order valence-electron chi connectivity index (χ4n) is 4.20. The number of pyridine rings is 1. The summed E-state index contributed by atoms with van der Waals surface area (Å²) >= 11 is 0. The number of fused-ring (bicyclic) bond motifs is 1. The van der Waals surface area contributed by atoms with Crippen molar-refractivity contribution in [3.63, 3.8) is 0 Å². The molecular formula is C25H23N5O2. The molecule has 32 heavy (non-hydrogen) atoms. The molecule has 0 radical (unpaired) electrons. The van der Waals surface area contributed by atoms with Crippen LogP contribution in [-0.2, 0) is 4.79 Å². The first kappa shape index (κ1) is 19.9. The maximum absolute atomic E-state index is 13.5. The molecule has 2 aromatic carbocycles. The van der Waals surface area contributed by atoms with Crippen LogP contribution in [0.3, 0.4) is 0 Å². The predicted molar refractivity (Wildman–Crippen MR) is 123 cm³/mol. The molecule has 7 heteroatoms. The average Bonchev–Trinajstić information content (AvgIpc) is 3.28. The molecule has 0 spiro atoms. The number of nitrogens with one attached hydrogen (secondary N) is 1. The van der Waals surface area contributed by atoms with Crippen LogP contribution in [0.25, 0.3) is 16.9 Å². The quantitative estimate of drug-likeness (QED) is 0.538. The Morgan fingerprint density at radius 3 is 2.62 bits per heavy atom. The molecule has 0 bridgehead atoms. The van der Waals surface area contributed by atoms with Crippen LogP contribution >= 0.6 is 0 Å². The van der Waals surface area contributed by atoms with Gasteiger partial charge in [0, 0.05) is 25.0 Å². The summed E-state index contributed by atoms with van der Waals surface area (Å²) in [6, 6.07) is 20.7. The number of carbonyl (C=O) groups is 2. The Labute approximate surface area is 185 Å². The van der Waals surface area contributed by atoms with Gasteiger partial charge >= 0.3 is 0 Å². The number of benzene rings is 2. The first-order valence-corrected chi connectivity index (χ1v) is 10.7. The number of hydrogen-bond donors (Lipinski definition) is 1. The van der Waals surface area contributed by atoms with Crippen molar-refractivity contribution < 1.29 is 9.59 Å². The third-order valence-electron chi connectivity index (χ3n) is 5.82. The van der Waals surface area contributed by atoms with E-state index in [-0.39, 0.29) is 17.7 Å². The Kier molecular flexibility index (Phi) is 5.37. The topological polar surface area (TPSA) is 80.1 Å². The smallest absolute Gasteiger partial charge is 0.257 e. The van der Waals surface area contributed by atoms with E-state index in [1.54, 1.807) is 29.6 Å². The van der Waals surface area contributed by atoms with Crippen molar-refractivity contribution in [2.24, 2.45) is 5.92 Å². The molecule has 0 saturated carbocycles. The Balaban J connectivity index is 1.38. The van der Waals surface area contributed by atoms with Crippen LogP contribution in [0.5, 0.6) is 0 Å². The van der Waals surface area contributed by atoms with Gasteiger partial charge in [-0.3, -0.25) is 14.2 Å². The normalized spacial score (nSPS) is 16.1.